The predicted molar refractivity (Wildman–Crippen MR) is 272 cm³/mol. The molecule has 8 rings (SSSR count). The largest absolute Gasteiger partial charge is 0.328 e. The highest BCUT2D eigenvalue weighted by Crippen LogP contribution is 2.37. The van der Waals surface area contributed by atoms with Crippen LogP contribution in [-0.2, 0) is 6.54 Å². The first-order valence-electron chi connectivity index (χ1n) is 22.6. The van der Waals surface area contributed by atoms with Crippen molar-refractivity contribution in [3.63, 3.8) is 0 Å². The van der Waals surface area contributed by atoms with E-state index in [4.69, 9.17) is 28.9 Å². The number of rotatable bonds is 16. The van der Waals surface area contributed by atoms with Crippen molar-refractivity contribution in [2.75, 3.05) is 50.8 Å². The van der Waals surface area contributed by atoms with Crippen LogP contribution in [0.1, 0.15) is 74.4 Å². The Morgan fingerprint density at radius 3 is 1.24 bits per heavy atom. The molecule has 0 aliphatic carbocycles. The van der Waals surface area contributed by atoms with Crippen LogP contribution in [0.4, 0.5) is 17.6 Å². The molecule has 2 fully saturated rings. The first kappa shape index (κ1) is 52.2. The van der Waals surface area contributed by atoms with Gasteiger partial charge >= 0.3 is 0 Å². The molecule has 2 heterocycles. The van der Waals surface area contributed by atoms with E-state index in [1.54, 1.807) is 24.3 Å². The van der Waals surface area contributed by atoms with Crippen molar-refractivity contribution >= 4 is 53.0 Å². The number of halogens is 6. The number of nitrogens with one attached hydrogen (secondary N) is 1. The molecule has 2 aliphatic rings. The van der Waals surface area contributed by atoms with Gasteiger partial charge in [-0.2, -0.15) is 0 Å². The van der Waals surface area contributed by atoms with E-state index in [1.165, 1.54) is 54.1 Å². The van der Waals surface area contributed by atoms with Gasteiger partial charge in [-0.15, -0.1) is 23.5 Å². The van der Waals surface area contributed by atoms with Gasteiger partial charge in [0.15, 0.2) is 0 Å². The molecule has 67 heavy (non-hydrogen) atoms. The van der Waals surface area contributed by atoms with E-state index < -0.39 is 0 Å². The van der Waals surface area contributed by atoms with E-state index in [0.29, 0.717) is 22.7 Å². The number of nitrogens with two attached hydrogens (primary N) is 1. The average Bonchev–Trinajstić information content (AvgIpc) is 3.35. The molecule has 0 bridgehead atoms. The number of hydrogen-bond donors (Lipinski definition) is 2. The number of thioether (sulfide) groups is 2. The predicted octanol–water partition coefficient (Wildman–Crippen LogP) is 13.1. The van der Waals surface area contributed by atoms with Crippen molar-refractivity contribution in [2.24, 2.45) is 5.73 Å². The Morgan fingerprint density at radius 1 is 0.537 bits per heavy atom. The SMILES string of the molecule is Fc1ccc(C(SCCN2CCC(NCc3ccc(Cl)cc3)CC2)c2ccc(F)cc2)cc1.NC1CCN(CCSC(c2ccc(F)cc2)c2ccc(F)cc2)CC1.O=Cc1ccc(Cl)cc1. The number of benzene rings is 6. The Bertz CT molecular complexity index is 2240. The van der Waals surface area contributed by atoms with Crippen LogP contribution in [0.5, 0.6) is 0 Å². The molecular formula is C54H58Cl2F4N4OS2. The summed E-state index contributed by atoms with van der Waals surface area (Å²) >= 11 is 15.2. The second kappa shape index (κ2) is 27.7. The molecular weight excluding hydrogens is 932 g/mol. The van der Waals surface area contributed by atoms with Crippen LogP contribution in [0.25, 0.3) is 0 Å². The maximum absolute atomic E-state index is 13.4. The van der Waals surface area contributed by atoms with Gasteiger partial charge in [0.1, 0.15) is 29.6 Å². The fraction of sp³-hybridized carbons (Fsp3) is 0.315. The first-order chi connectivity index (χ1) is 32.5. The van der Waals surface area contributed by atoms with E-state index in [2.05, 4.69) is 27.2 Å². The van der Waals surface area contributed by atoms with Gasteiger partial charge in [-0.1, -0.05) is 96.0 Å². The van der Waals surface area contributed by atoms with Crippen LogP contribution >= 0.6 is 46.7 Å². The van der Waals surface area contributed by atoms with Crippen molar-refractivity contribution in [1.82, 2.24) is 15.1 Å². The van der Waals surface area contributed by atoms with E-state index in [-0.39, 0.29) is 33.8 Å². The smallest absolute Gasteiger partial charge is 0.150 e. The average molecular weight is 990 g/mol. The Morgan fingerprint density at radius 2 is 0.881 bits per heavy atom. The van der Waals surface area contributed by atoms with Crippen molar-refractivity contribution < 1.29 is 22.4 Å². The molecule has 2 aliphatic heterocycles. The number of aldehydes is 1. The highest BCUT2D eigenvalue weighted by atomic mass is 35.5. The molecule has 0 saturated carbocycles. The van der Waals surface area contributed by atoms with Gasteiger partial charge in [0, 0.05) is 58.8 Å². The van der Waals surface area contributed by atoms with Gasteiger partial charge in [0.25, 0.3) is 0 Å². The molecule has 0 atom stereocenters. The maximum Gasteiger partial charge on any atom is 0.150 e. The Labute approximate surface area is 411 Å². The summed E-state index contributed by atoms with van der Waals surface area (Å²) in [5.41, 5.74) is 12.0. The van der Waals surface area contributed by atoms with Gasteiger partial charge in [-0.05, 0) is 152 Å². The zero-order valence-corrected chi connectivity index (χ0v) is 40.5. The second-order valence-corrected chi connectivity index (χ2v) is 20.0. The van der Waals surface area contributed by atoms with Crippen LogP contribution in [-0.4, -0.2) is 78.9 Å². The molecule has 0 amide bonds. The van der Waals surface area contributed by atoms with Gasteiger partial charge in [0.2, 0.25) is 0 Å². The van der Waals surface area contributed by atoms with Crippen molar-refractivity contribution in [3.05, 3.63) is 212 Å². The molecule has 0 unspecified atom stereocenters. The fourth-order valence-electron chi connectivity index (χ4n) is 7.86. The summed E-state index contributed by atoms with van der Waals surface area (Å²) in [6.45, 7) is 7.16. The van der Waals surface area contributed by atoms with Crippen LogP contribution < -0.4 is 11.1 Å². The summed E-state index contributed by atoms with van der Waals surface area (Å²) in [5, 5.41) is 5.23. The molecule has 354 valence electrons. The molecule has 13 heteroatoms. The number of nitrogens with zero attached hydrogens (tertiary/aromatic N) is 2. The molecule has 0 spiro atoms. The number of hydrogen-bond acceptors (Lipinski definition) is 7. The van der Waals surface area contributed by atoms with Gasteiger partial charge in [-0.3, -0.25) is 4.79 Å². The quantitative estimate of drug-likeness (QED) is 0.0740. The lowest BCUT2D eigenvalue weighted by atomic mass is 10.0. The maximum atomic E-state index is 13.4. The van der Waals surface area contributed by atoms with Gasteiger partial charge in [-0.25, -0.2) is 17.6 Å². The molecule has 3 N–H and O–H groups in total. The summed E-state index contributed by atoms with van der Waals surface area (Å²) < 4.78 is 53.4. The van der Waals surface area contributed by atoms with E-state index in [1.807, 2.05) is 84.2 Å². The fourth-order valence-corrected chi connectivity index (χ4v) is 10.7. The summed E-state index contributed by atoms with van der Waals surface area (Å²) in [6.07, 6.45) is 5.18. The first-order valence-corrected chi connectivity index (χ1v) is 25.5. The van der Waals surface area contributed by atoms with Crippen molar-refractivity contribution in [2.45, 2.75) is 54.8 Å². The Balaban J connectivity index is 0.000000191. The van der Waals surface area contributed by atoms with E-state index in [0.717, 1.165) is 117 Å². The Kier molecular flexibility index (Phi) is 21.6. The zero-order valence-electron chi connectivity index (χ0n) is 37.4. The lowest BCUT2D eigenvalue weighted by Crippen LogP contribution is -2.42. The van der Waals surface area contributed by atoms with E-state index in [9.17, 15) is 22.4 Å². The number of likely N-dealkylation sites (tertiary alicyclic amines) is 2. The molecule has 2 saturated heterocycles. The lowest BCUT2D eigenvalue weighted by Gasteiger charge is -2.32. The standard InChI is InChI=1S/C27H29ClF2N2S.C20H24F2N2S.C7H5ClO/c28-23-7-1-20(2-8-23)19-31-26-13-15-32(16-14-26)17-18-33-27(21-3-9-24(29)10-4-21)22-5-11-25(30)12-6-22;21-17-5-1-15(2-6-17)20(16-3-7-18(22)8-4-16)25-14-13-24-11-9-19(23)10-12-24;8-7-3-1-6(5-9)2-4-7/h1-12,26-27,31H,13-19H2;1-8,19-20H,9-14,23H2;1-5H. The molecule has 5 nitrogen and oxygen atoms in total. The second-order valence-electron chi connectivity index (χ2n) is 16.7. The van der Waals surface area contributed by atoms with Gasteiger partial charge in [0.05, 0.1) is 10.5 Å². The summed E-state index contributed by atoms with van der Waals surface area (Å²) in [4.78, 5) is 15.0. The minimum atomic E-state index is -0.242. The van der Waals surface area contributed by atoms with Crippen molar-refractivity contribution in [3.8, 4) is 0 Å². The zero-order chi connectivity index (χ0) is 47.4. The topological polar surface area (TPSA) is 61.6 Å². The highest BCUT2D eigenvalue weighted by Gasteiger charge is 2.21. The minimum absolute atomic E-state index is 0.0600. The Hall–Kier alpha value is -4.17. The third kappa shape index (κ3) is 18.0. The van der Waals surface area contributed by atoms with Crippen molar-refractivity contribution in [1.29, 1.82) is 0 Å². The van der Waals surface area contributed by atoms with Crippen LogP contribution in [0, 0.1) is 23.3 Å². The van der Waals surface area contributed by atoms with Crippen LogP contribution in [0.3, 0.4) is 0 Å². The lowest BCUT2D eigenvalue weighted by molar-refractivity contribution is 0.112. The van der Waals surface area contributed by atoms with Crippen LogP contribution in [0.15, 0.2) is 146 Å². The molecule has 0 radical (unpaired) electrons. The molecule has 6 aromatic carbocycles. The highest BCUT2D eigenvalue weighted by molar-refractivity contribution is 8.00. The van der Waals surface area contributed by atoms with E-state index >= 15 is 0 Å². The normalized spacial score (nSPS) is 14.9. The number of carbonyl (C=O) groups is 1. The third-order valence-electron chi connectivity index (χ3n) is 11.8. The third-order valence-corrected chi connectivity index (χ3v) is 14.9. The summed E-state index contributed by atoms with van der Waals surface area (Å²) in [7, 11) is 0. The minimum Gasteiger partial charge on any atom is -0.328 e. The van der Waals surface area contributed by atoms with Gasteiger partial charge < -0.3 is 20.9 Å². The number of piperidine rings is 2. The number of carbonyl (C=O) groups excluding carboxylic acids is 1. The molecule has 0 aromatic heterocycles. The summed E-state index contributed by atoms with van der Waals surface area (Å²) in [5.74, 6) is 0.965. The monoisotopic (exact) mass is 988 g/mol. The molecule has 6 aromatic rings. The van der Waals surface area contributed by atoms with Crippen LogP contribution in [0.2, 0.25) is 10.0 Å². The summed E-state index contributed by atoms with van der Waals surface area (Å²) in [6, 6.07) is 42.1.